The summed E-state index contributed by atoms with van der Waals surface area (Å²) in [6, 6.07) is 12.1. The predicted molar refractivity (Wildman–Crippen MR) is 131 cm³/mol. The topological polar surface area (TPSA) is 94.5 Å². The van der Waals surface area contributed by atoms with E-state index >= 15 is 0 Å². The molecule has 1 amide bonds. The number of piperidine rings is 1. The van der Waals surface area contributed by atoms with Crippen LogP contribution in [0.25, 0.3) is 22.2 Å². The lowest BCUT2D eigenvalue weighted by molar-refractivity contribution is 0.0955. The minimum atomic E-state index is -0.114. The molecule has 0 radical (unpaired) electrons. The van der Waals surface area contributed by atoms with Crippen LogP contribution in [0, 0.1) is 0 Å². The number of para-hydroxylation sites is 1. The molecule has 33 heavy (non-hydrogen) atoms. The van der Waals surface area contributed by atoms with E-state index in [0.717, 1.165) is 46.6 Å². The van der Waals surface area contributed by atoms with Crippen molar-refractivity contribution in [2.24, 2.45) is 0 Å². The molecule has 0 atom stereocenters. The molecule has 0 aliphatic carbocycles. The van der Waals surface area contributed by atoms with Crippen LogP contribution in [0.1, 0.15) is 29.6 Å². The Morgan fingerprint density at radius 2 is 1.88 bits per heavy atom. The van der Waals surface area contributed by atoms with Crippen molar-refractivity contribution in [1.29, 1.82) is 0 Å². The second-order valence-corrected chi connectivity index (χ2v) is 8.76. The van der Waals surface area contributed by atoms with Crippen LogP contribution >= 0.6 is 0 Å². The molecule has 2 aliphatic rings. The Morgan fingerprint density at radius 3 is 2.73 bits per heavy atom. The number of aliphatic hydroxyl groups excluding tert-OH is 1. The lowest BCUT2D eigenvalue weighted by atomic mass is 9.97. The van der Waals surface area contributed by atoms with E-state index in [1.807, 2.05) is 30.3 Å². The Hall–Kier alpha value is -2.94. The molecule has 2 aliphatic heterocycles. The summed E-state index contributed by atoms with van der Waals surface area (Å²) in [7, 11) is 0. The molecule has 8 heteroatoms. The largest absolute Gasteiger partial charge is 0.395 e. The van der Waals surface area contributed by atoms with E-state index in [-0.39, 0.29) is 12.5 Å². The summed E-state index contributed by atoms with van der Waals surface area (Å²) < 4.78 is 2.10. The predicted octanol–water partition coefficient (Wildman–Crippen LogP) is 2.56. The molecule has 1 saturated heterocycles. The third-order valence-corrected chi connectivity index (χ3v) is 6.56. The first-order valence-corrected chi connectivity index (χ1v) is 12.0. The molecule has 0 bridgehead atoms. The van der Waals surface area contributed by atoms with Gasteiger partial charge in [-0.25, -0.2) is 0 Å². The summed E-state index contributed by atoms with van der Waals surface area (Å²) in [6.07, 6.45) is 3.89. The summed E-state index contributed by atoms with van der Waals surface area (Å²) in [5.41, 5.74) is 5.48. The number of carbonyl (C=O) groups excluding carboxylic acids is 1. The maximum Gasteiger partial charge on any atom is 0.253 e. The van der Waals surface area contributed by atoms with Gasteiger partial charge in [-0.15, -0.1) is 0 Å². The van der Waals surface area contributed by atoms with Gasteiger partial charge in [0, 0.05) is 37.4 Å². The van der Waals surface area contributed by atoms with Gasteiger partial charge in [0.1, 0.15) is 5.69 Å². The standard InChI is InChI=1S/C25H32N6O2/c32-17-12-26-10-11-27-25(33)19-8-9-21-22-23(19)28-20-7-3-2-6-18(20)24(22)29-31(21)16-15-30-13-4-1-5-14-30/h2-3,6-9,26,28,32H,1,4-5,10-17H2,(H,27,33). The molecular weight excluding hydrogens is 416 g/mol. The molecule has 1 fully saturated rings. The van der Waals surface area contributed by atoms with Crippen LogP contribution in [-0.4, -0.2) is 71.6 Å². The number of anilines is 2. The number of carbonyl (C=O) groups is 1. The Bertz CT molecular complexity index is 1140. The van der Waals surface area contributed by atoms with E-state index in [4.69, 9.17) is 10.2 Å². The van der Waals surface area contributed by atoms with Crippen LogP contribution in [0.15, 0.2) is 36.4 Å². The molecule has 0 unspecified atom stereocenters. The summed E-state index contributed by atoms with van der Waals surface area (Å²) in [5.74, 6) is -0.114. The van der Waals surface area contributed by atoms with Crippen LogP contribution in [0.2, 0.25) is 0 Å². The minimum absolute atomic E-state index is 0.0859. The Morgan fingerprint density at radius 1 is 1.03 bits per heavy atom. The number of aliphatic hydroxyl groups is 1. The third-order valence-electron chi connectivity index (χ3n) is 6.56. The number of fused-ring (bicyclic) bond motifs is 2. The highest BCUT2D eigenvalue weighted by atomic mass is 16.3. The molecule has 0 spiro atoms. The van der Waals surface area contributed by atoms with Crippen LogP contribution in [-0.2, 0) is 6.54 Å². The van der Waals surface area contributed by atoms with Crippen LogP contribution in [0.4, 0.5) is 11.4 Å². The van der Waals surface area contributed by atoms with Crippen molar-refractivity contribution >= 4 is 28.2 Å². The fourth-order valence-electron chi connectivity index (χ4n) is 4.87. The van der Waals surface area contributed by atoms with E-state index in [1.165, 1.54) is 32.4 Å². The van der Waals surface area contributed by atoms with E-state index in [0.29, 0.717) is 25.2 Å². The van der Waals surface area contributed by atoms with E-state index < -0.39 is 0 Å². The van der Waals surface area contributed by atoms with Crippen molar-refractivity contribution < 1.29 is 9.90 Å². The van der Waals surface area contributed by atoms with Gasteiger partial charge in [0.25, 0.3) is 5.91 Å². The lowest BCUT2D eigenvalue weighted by Crippen LogP contribution is -2.33. The van der Waals surface area contributed by atoms with Crippen LogP contribution < -0.4 is 16.0 Å². The molecule has 0 saturated carbocycles. The van der Waals surface area contributed by atoms with Crippen molar-refractivity contribution in [3.05, 3.63) is 42.0 Å². The van der Waals surface area contributed by atoms with Crippen LogP contribution in [0.5, 0.6) is 0 Å². The summed E-state index contributed by atoms with van der Waals surface area (Å²) >= 11 is 0. The van der Waals surface area contributed by atoms with Gasteiger partial charge in [-0.3, -0.25) is 9.48 Å². The fourth-order valence-corrected chi connectivity index (χ4v) is 4.87. The maximum atomic E-state index is 13.0. The first-order valence-electron chi connectivity index (χ1n) is 12.0. The molecule has 4 N–H and O–H groups in total. The number of hydrogen-bond donors (Lipinski definition) is 4. The molecule has 5 rings (SSSR count). The Kier molecular flexibility index (Phi) is 6.57. The van der Waals surface area contributed by atoms with Crippen molar-refractivity contribution in [3.63, 3.8) is 0 Å². The zero-order valence-corrected chi connectivity index (χ0v) is 18.9. The Labute approximate surface area is 194 Å². The molecular formula is C25H32N6O2. The minimum Gasteiger partial charge on any atom is -0.395 e. The molecule has 1 aromatic heterocycles. The summed E-state index contributed by atoms with van der Waals surface area (Å²) in [6.45, 7) is 5.87. The first kappa shape index (κ1) is 21.9. The zero-order valence-electron chi connectivity index (χ0n) is 18.9. The van der Waals surface area contributed by atoms with Crippen molar-refractivity contribution in [2.45, 2.75) is 25.8 Å². The Balaban J connectivity index is 1.45. The summed E-state index contributed by atoms with van der Waals surface area (Å²) in [5, 5.41) is 24.5. The number of nitrogens with zero attached hydrogens (tertiary/aromatic N) is 3. The maximum absolute atomic E-state index is 13.0. The third kappa shape index (κ3) is 4.46. The number of rotatable bonds is 9. The second-order valence-electron chi connectivity index (χ2n) is 8.76. The number of aromatic nitrogens is 2. The van der Waals surface area contributed by atoms with Gasteiger partial charge >= 0.3 is 0 Å². The van der Waals surface area contributed by atoms with Gasteiger partial charge in [0.05, 0.1) is 35.3 Å². The quantitative estimate of drug-likeness (QED) is 0.294. The highest BCUT2D eigenvalue weighted by Gasteiger charge is 2.27. The monoisotopic (exact) mass is 448 g/mol. The average molecular weight is 449 g/mol. The SMILES string of the molecule is O=C(NCCNCCO)c1ccc2c3c(nn2CCN2CCCCC2)-c2ccccc2Nc13. The molecule has 174 valence electrons. The number of likely N-dealkylation sites (tertiary alicyclic amines) is 1. The lowest BCUT2D eigenvalue weighted by Gasteiger charge is -2.26. The average Bonchev–Trinajstić information content (AvgIpc) is 3.23. The zero-order chi connectivity index (χ0) is 22.6. The van der Waals surface area contributed by atoms with E-state index in [9.17, 15) is 4.79 Å². The smallest absolute Gasteiger partial charge is 0.253 e. The molecule has 3 aromatic rings. The van der Waals surface area contributed by atoms with Gasteiger partial charge in [0.15, 0.2) is 0 Å². The van der Waals surface area contributed by atoms with Crippen LogP contribution in [0.3, 0.4) is 0 Å². The normalized spacial score (nSPS) is 15.3. The van der Waals surface area contributed by atoms with Gasteiger partial charge < -0.3 is 26.0 Å². The molecule has 3 heterocycles. The van der Waals surface area contributed by atoms with Gasteiger partial charge in [0.2, 0.25) is 0 Å². The van der Waals surface area contributed by atoms with E-state index in [2.05, 4.69) is 31.6 Å². The number of amides is 1. The second kappa shape index (κ2) is 9.91. The highest BCUT2D eigenvalue weighted by Crippen LogP contribution is 2.44. The van der Waals surface area contributed by atoms with Crippen molar-refractivity contribution in [1.82, 2.24) is 25.3 Å². The number of benzene rings is 2. The first-order chi connectivity index (χ1) is 16.3. The van der Waals surface area contributed by atoms with Crippen molar-refractivity contribution in [3.8, 4) is 11.3 Å². The summed E-state index contributed by atoms with van der Waals surface area (Å²) in [4.78, 5) is 15.5. The molecule has 2 aromatic carbocycles. The molecule has 8 nitrogen and oxygen atoms in total. The van der Waals surface area contributed by atoms with Crippen molar-refractivity contribution in [2.75, 3.05) is 51.2 Å². The van der Waals surface area contributed by atoms with E-state index in [1.54, 1.807) is 0 Å². The highest BCUT2D eigenvalue weighted by molar-refractivity contribution is 6.16. The fraction of sp³-hybridized carbons (Fsp3) is 0.440. The van der Waals surface area contributed by atoms with Gasteiger partial charge in [-0.05, 0) is 44.1 Å². The van der Waals surface area contributed by atoms with Gasteiger partial charge in [-0.1, -0.05) is 24.6 Å². The van der Waals surface area contributed by atoms with Gasteiger partial charge in [-0.2, -0.15) is 5.10 Å². The number of hydrogen-bond acceptors (Lipinski definition) is 6. The number of nitrogens with one attached hydrogen (secondary N) is 3.